The second-order valence-corrected chi connectivity index (χ2v) is 5.73. The number of hydrogen-bond acceptors (Lipinski definition) is 4. The molecule has 0 aliphatic carbocycles. The van der Waals surface area contributed by atoms with Crippen molar-refractivity contribution in [1.29, 1.82) is 0 Å². The lowest BCUT2D eigenvalue weighted by Crippen LogP contribution is -2.28. The Morgan fingerprint density at radius 2 is 2.22 bits per heavy atom. The van der Waals surface area contributed by atoms with Gasteiger partial charge in [-0.3, -0.25) is 4.79 Å². The summed E-state index contributed by atoms with van der Waals surface area (Å²) in [7, 11) is 0. The van der Waals surface area contributed by atoms with Gasteiger partial charge in [0.2, 0.25) is 5.76 Å². The summed E-state index contributed by atoms with van der Waals surface area (Å²) in [6.07, 6.45) is -0.170. The third-order valence-electron chi connectivity index (χ3n) is 3.65. The highest BCUT2D eigenvalue weighted by Gasteiger charge is 2.17. The number of aliphatic hydroxyl groups excluding tert-OH is 1. The summed E-state index contributed by atoms with van der Waals surface area (Å²) in [6, 6.07) is 5.57. The number of rotatable bonds is 6. The highest BCUT2D eigenvalue weighted by atomic mass is 35.5. The predicted octanol–water partition coefficient (Wildman–Crippen LogP) is 3.44. The van der Waals surface area contributed by atoms with Crippen LogP contribution in [0.3, 0.4) is 0 Å². The minimum atomic E-state index is -1.05. The molecule has 2 unspecified atom stereocenters. The molecule has 2 atom stereocenters. The molecule has 0 bridgehead atoms. The number of carbonyl (C=O) groups excluding carboxylic acids is 1. The average molecular weight is 341 g/mol. The number of halogens is 2. The van der Waals surface area contributed by atoms with E-state index in [9.17, 15) is 14.3 Å². The Morgan fingerprint density at radius 3 is 2.87 bits per heavy atom. The Balaban J connectivity index is 1.95. The lowest BCUT2D eigenvalue weighted by atomic mass is 10.1. The zero-order valence-corrected chi connectivity index (χ0v) is 13.6. The minimum absolute atomic E-state index is 0.0239. The third-order valence-corrected chi connectivity index (χ3v) is 3.96. The van der Waals surface area contributed by atoms with E-state index in [1.807, 2.05) is 13.8 Å². The molecule has 7 heteroatoms. The Kier molecular flexibility index (Phi) is 5.74. The first-order valence-electron chi connectivity index (χ1n) is 7.30. The Bertz CT molecular complexity index is 690. The van der Waals surface area contributed by atoms with Crippen molar-refractivity contribution in [1.82, 2.24) is 10.5 Å². The van der Waals surface area contributed by atoms with Gasteiger partial charge in [0.05, 0.1) is 16.8 Å². The molecule has 1 amide bonds. The van der Waals surface area contributed by atoms with Crippen molar-refractivity contribution in [2.45, 2.75) is 32.3 Å². The summed E-state index contributed by atoms with van der Waals surface area (Å²) < 4.78 is 18.4. The quantitative estimate of drug-likeness (QED) is 0.844. The maximum Gasteiger partial charge on any atom is 0.290 e. The third kappa shape index (κ3) is 4.30. The van der Waals surface area contributed by atoms with Crippen LogP contribution in [0.1, 0.15) is 54.1 Å². The van der Waals surface area contributed by atoms with Crippen molar-refractivity contribution in [2.75, 3.05) is 6.54 Å². The number of nitrogens with one attached hydrogen (secondary N) is 1. The SMILES string of the molecule is CCC(C)c1cc(C(=O)NCC(O)c2ccc(Cl)c(F)c2)on1. The molecule has 2 rings (SSSR count). The summed E-state index contributed by atoms with van der Waals surface area (Å²) in [5.41, 5.74) is 1.03. The highest BCUT2D eigenvalue weighted by molar-refractivity contribution is 6.30. The summed E-state index contributed by atoms with van der Waals surface area (Å²) in [5, 5.41) is 16.3. The molecule has 5 nitrogen and oxygen atoms in total. The van der Waals surface area contributed by atoms with E-state index in [0.717, 1.165) is 12.5 Å². The van der Waals surface area contributed by atoms with E-state index in [4.69, 9.17) is 16.1 Å². The number of amides is 1. The topological polar surface area (TPSA) is 75.4 Å². The smallest absolute Gasteiger partial charge is 0.290 e. The molecule has 1 aromatic carbocycles. The van der Waals surface area contributed by atoms with Crippen LogP contribution < -0.4 is 5.32 Å². The number of hydrogen-bond donors (Lipinski definition) is 2. The highest BCUT2D eigenvalue weighted by Crippen LogP contribution is 2.20. The molecule has 0 saturated heterocycles. The van der Waals surface area contributed by atoms with Crippen LogP contribution in [0.25, 0.3) is 0 Å². The van der Waals surface area contributed by atoms with Crippen LogP contribution in [0, 0.1) is 5.82 Å². The summed E-state index contributed by atoms with van der Waals surface area (Å²) >= 11 is 5.59. The molecule has 2 aromatic rings. The zero-order chi connectivity index (χ0) is 17.0. The Hall–Kier alpha value is -1.92. The maximum absolute atomic E-state index is 13.4. The number of benzene rings is 1. The van der Waals surface area contributed by atoms with E-state index in [1.54, 1.807) is 6.07 Å². The van der Waals surface area contributed by atoms with Gasteiger partial charge in [-0.1, -0.05) is 36.7 Å². The number of carbonyl (C=O) groups is 1. The zero-order valence-electron chi connectivity index (χ0n) is 12.8. The van der Waals surface area contributed by atoms with E-state index in [2.05, 4.69) is 10.5 Å². The van der Waals surface area contributed by atoms with Gasteiger partial charge in [-0.2, -0.15) is 0 Å². The molecule has 124 valence electrons. The first kappa shape index (κ1) is 17.4. The number of aliphatic hydroxyl groups is 1. The number of nitrogens with zero attached hydrogens (tertiary/aromatic N) is 1. The lowest BCUT2D eigenvalue weighted by molar-refractivity contribution is 0.0880. The first-order valence-corrected chi connectivity index (χ1v) is 7.68. The van der Waals surface area contributed by atoms with Gasteiger partial charge in [0.25, 0.3) is 5.91 Å². The molecular formula is C16H18ClFN2O3. The fourth-order valence-electron chi connectivity index (χ4n) is 1.95. The van der Waals surface area contributed by atoms with E-state index >= 15 is 0 Å². The van der Waals surface area contributed by atoms with Crippen molar-refractivity contribution in [3.8, 4) is 0 Å². The minimum Gasteiger partial charge on any atom is -0.387 e. The van der Waals surface area contributed by atoms with Crippen LogP contribution in [0.5, 0.6) is 0 Å². The predicted molar refractivity (Wildman–Crippen MR) is 83.9 cm³/mol. The van der Waals surface area contributed by atoms with Gasteiger partial charge in [-0.05, 0) is 24.1 Å². The molecular weight excluding hydrogens is 323 g/mol. The molecule has 23 heavy (non-hydrogen) atoms. The van der Waals surface area contributed by atoms with Crippen LogP contribution in [0.4, 0.5) is 4.39 Å². The molecule has 1 heterocycles. The van der Waals surface area contributed by atoms with E-state index in [1.165, 1.54) is 12.1 Å². The van der Waals surface area contributed by atoms with Crippen molar-refractivity contribution < 1.29 is 18.8 Å². The molecule has 0 radical (unpaired) electrons. The molecule has 0 fully saturated rings. The van der Waals surface area contributed by atoms with Crippen molar-refractivity contribution in [2.24, 2.45) is 0 Å². The molecule has 0 saturated carbocycles. The maximum atomic E-state index is 13.4. The fraction of sp³-hybridized carbons (Fsp3) is 0.375. The van der Waals surface area contributed by atoms with Gasteiger partial charge in [-0.15, -0.1) is 0 Å². The second-order valence-electron chi connectivity index (χ2n) is 5.32. The molecule has 0 spiro atoms. The van der Waals surface area contributed by atoms with Gasteiger partial charge in [0.15, 0.2) is 0 Å². The Morgan fingerprint density at radius 1 is 1.48 bits per heavy atom. The van der Waals surface area contributed by atoms with Gasteiger partial charge in [0.1, 0.15) is 5.82 Å². The van der Waals surface area contributed by atoms with Gasteiger partial charge >= 0.3 is 0 Å². The van der Waals surface area contributed by atoms with Crippen molar-refractivity contribution in [3.05, 3.63) is 52.1 Å². The average Bonchev–Trinajstić information content (AvgIpc) is 3.04. The monoisotopic (exact) mass is 340 g/mol. The molecule has 1 aromatic heterocycles. The van der Waals surface area contributed by atoms with Gasteiger partial charge in [-0.25, -0.2) is 4.39 Å². The largest absolute Gasteiger partial charge is 0.387 e. The van der Waals surface area contributed by atoms with E-state index in [-0.39, 0.29) is 23.2 Å². The standard InChI is InChI=1S/C16H18ClFN2O3/c1-3-9(2)13-7-15(23-20-13)16(22)19-8-14(21)10-4-5-11(17)12(18)6-10/h4-7,9,14,21H,3,8H2,1-2H3,(H,19,22). The van der Waals surface area contributed by atoms with Crippen LogP contribution in [-0.4, -0.2) is 22.7 Å². The van der Waals surface area contributed by atoms with Crippen LogP contribution in [0.15, 0.2) is 28.8 Å². The van der Waals surface area contributed by atoms with Crippen molar-refractivity contribution >= 4 is 17.5 Å². The van der Waals surface area contributed by atoms with Gasteiger partial charge in [0, 0.05) is 18.5 Å². The molecule has 0 aliphatic heterocycles. The van der Waals surface area contributed by atoms with E-state index in [0.29, 0.717) is 11.3 Å². The Labute approximate surface area is 138 Å². The van der Waals surface area contributed by atoms with Gasteiger partial charge < -0.3 is 14.9 Å². The van der Waals surface area contributed by atoms with Crippen LogP contribution >= 0.6 is 11.6 Å². The van der Waals surface area contributed by atoms with Crippen LogP contribution in [-0.2, 0) is 0 Å². The van der Waals surface area contributed by atoms with E-state index < -0.39 is 17.8 Å². The summed E-state index contributed by atoms with van der Waals surface area (Å²) in [4.78, 5) is 12.0. The fourth-order valence-corrected chi connectivity index (χ4v) is 2.07. The lowest BCUT2D eigenvalue weighted by Gasteiger charge is -2.11. The normalized spacial score (nSPS) is 13.6. The molecule has 2 N–H and O–H groups in total. The summed E-state index contributed by atoms with van der Waals surface area (Å²) in [6.45, 7) is 3.92. The first-order chi connectivity index (χ1) is 10.9. The summed E-state index contributed by atoms with van der Waals surface area (Å²) in [5.74, 6) is -0.832. The van der Waals surface area contributed by atoms with Crippen LogP contribution in [0.2, 0.25) is 5.02 Å². The van der Waals surface area contributed by atoms with Crippen molar-refractivity contribution in [3.63, 3.8) is 0 Å². The second kappa shape index (κ2) is 7.57. The molecule has 0 aliphatic rings. The number of aromatic nitrogens is 1.